The van der Waals surface area contributed by atoms with E-state index in [1.54, 1.807) is 11.0 Å². The molecule has 156 valence electrons. The summed E-state index contributed by atoms with van der Waals surface area (Å²) < 4.78 is 58.7. The van der Waals surface area contributed by atoms with E-state index in [0.717, 1.165) is 35.6 Å². The minimum absolute atomic E-state index is 0.0934. The number of Topliss-reactive ketones (excluding diaryl/α,β-unsaturated/α-hetero) is 1. The van der Waals surface area contributed by atoms with Crippen molar-refractivity contribution >= 4 is 44.4 Å². The first kappa shape index (κ1) is 20.5. The molecule has 1 atom stereocenters. The Morgan fingerprint density at radius 2 is 1.87 bits per heavy atom. The number of rotatable bonds is 4. The standard InChI is InChI=1S/C19H14F2N2O5S2/c1-10(17(24)11-2-4-13(20)14(21)8-11)28-18(25)12-3-5-15-16(9-12)29-19-22-30(26,27)7-6-23(15)19/h2-5,8-10H,6-7H2,1H3. The van der Waals surface area contributed by atoms with E-state index < -0.39 is 39.5 Å². The lowest BCUT2D eigenvalue weighted by molar-refractivity contribution is 0.0318. The fraction of sp³-hybridized carbons (Fsp3) is 0.211. The van der Waals surface area contributed by atoms with Crippen LogP contribution in [-0.4, -0.2) is 43.7 Å². The van der Waals surface area contributed by atoms with Gasteiger partial charge in [-0.3, -0.25) is 4.79 Å². The summed E-state index contributed by atoms with van der Waals surface area (Å²) in [6.45, 7) is 1.61. The van der Waals surface area contributed by atoms with Crippen LogP contribution in [0.15, 0.2) is 45.7 Å². The third-order valence-corrected chi connectivity index (χ3v) is 6.87. The highest BCUT2D eigenvalue weighted by Gasteiger charge is 2.33. The molecular formula is C19H14F2N2O5S2. The second-order valence-corrected chi connectivity index (χ2v) is 9.40. The molecule has 0 saturated carbocycles. The number of nitrogens with zero attached hydrogens (tertiary/aromatic N) is 2. The average molecular weight is 452 g/mol. The molecule has 0 saturated heterocycles. The molecule has 2 heterocycles. The van der Waals surface area contributed by atoms with Crippen LogP contribution in [0.3, 0.4) is 0 Å². The number of ketones is 1. The summed E-state index contributed by atoms with van der Waals surface area (Å²) in [5.41, 5.74) is 0.778. The number of sulfonamides is 1. The number of hydrogen-bond donors (Lipinski definition) is 0. The number of ether oxygens (including phenoxy) is 1. The number of carbonyl (C=O) groups is 2. The van der Waals surface area contributed by atoms with Crippen molar-refractivity contribution in [2.75, 3.05) is 17.2 Å². The first-order valence-electron chi connectivity index (χ1n) is 8.77. The summed E-state index contributed by atoms with van der Waals surface area (Å²) in [6.07, 6.45) is -1.22. The van der Waals surface area contributed by atoms with Crippen LogP contribution in [0, 0.1) is 11.6 Å². The molecule has 1 unspecified atom stereocenters. The fourth-order valence-electron chi connectivity index (χ4n) is 3.02. The first-order chi connectivity index (χ1) is 14.1. The van der Waals surface area contributed by atoms with Crippen LogP contribution in [0.4, 0.5) is 14.5 Å². The van der Waals surface area contributed by atoms with Gasteiger partial charge < -0.3 is 9.64 Å². The van der Waals surface area contributed by atoms with Crippen LogP contribution in [0.5, 0.6) is 0 Å². The van der Waals surface area contributed by atoms with Gasteiger partial charge in [0.15, 0.2) is 22.9 Å². The Bertz CT molecular complexity index is 1210. The smallest absolute Gasteiger partial charge is 0.338 e. The summed E-state index contributed by atoms with van der Waals surface area (Å²) in [7, 11) is -3.49. The number of fused-ring (bicyclic) bond motifs is 3. The fourth-order valence-corrected chi connectivity index (χ4v) is 5.32. The molecule has 0 amide bonds. The minimum atomic E-state index is -3.49. The van der Waals surface area contributed by atoms with Crippen LogP contribution in [0.1, 0.15) is 27.6 Å². The van der Waals surface area contributed by atoms with Crippen molar-refractivity contribution < 1.29 is 31.5 Å². The van der Waals surface area contributed by atoms with Crippen molar-refractivity contribution in [1.29, 1.82) is 0 Å². The van der Waals surface area contributed by atoms with Crippen molar-refractivity contribution in [3.8, 4) is 0 Å². The van der Waals surface area contributed by atoms with Gasteiger partial charge in [-0.15, -0.1) is 4.40 Å². The molecule has 0 aliphatic carbocycles. The number of esters is 1. The lowest BCUT2D eigenvalue weighted by Gasteiger charge is -2.22. The predicted octanol–water partition coefficient (Wildman–Crippen LogP) is 3.00. The molecular weight excluding hydrogens is 438 g/mol. The van der Waals surface area contributed by atoms with E-state index in [4.69, 9.17) is 4.74 Å². The van der Waals surface area contributed by atoms with Gasteiger partial charge in [-0.1, -0.05) is 0 Å². The minimum Gasteiger partial charge on any atom is -0.451 e. The molecule has 0 aromatic heterocycles. The molecule has 0 spiro atoms. The zero-order chi connectivity index (χ0) is 21.6. The molecule has 0 radical (unpaired) electrons. The van der Waals surface area contributed by atoms with Crippen LogP contribution in [0.2, 0.25) is 0 Å². The van der Waals surface area contributed by atoms with Crippen LogP contribution >= 0.6 is 11.8 Å². The van der Waals surface area contributed by atoms with Gasteiger partial charge in [0.1, 0.15) is 0 Å². The van der Waals surface area contributed by atoms with E-state index in [2.05, 4.69) is 4.40 Å². The van der Waals surface area contributed by atoms with Gasteiger partial charge in [-0.2, -0.15) is 0 Å². The van der Waals surface area contributed by atoms with Crippen molar-refractivity contribution in [2.24, 2.45) is 4.40 Å². The zero-order valence-corrected chi connectivity index (χ0v) is 17.1. The van der Waals surface area contributed by atoms with Gasteiger partial charge in [-0.05, 0) is 55.1 Å². The van der Waals surface area contributed by atoms with E-state index in [1.807, 2.05) is 0 Å². The van der Waals surface area contributed by atoms with Gasteiger partial charge in [0.25, 0.3) is 10.0 Å². The highest BCUT2D eigenvalue weighted by molar-refractivity contribution is 8.15. The molecule has 2 aliphatic rings. The lowest BCUT2D eigenvalue weighted by Crippen LogP contribution is -2.35. The Morgan fingerprint density at radius 3 is 2.60 bits per heavy atom. The summed E-state index contributed by atoms with van der Waals surface area (Å²) >= 11 is 1.12. The zero-order valence-electron chi connectivity index (χ0n) is 15.5. The molecule has 7 nitrogen and oxygen atoms in total. The second-order valence-electron chi connectivity index (χ2n) is 6.64. The number of halogens is 2. The van der Waals surface area contributed by atoms with Crippen molar-refractivity contribution in [1.82, 2.24) is 0 Å². The number of carbonyl (C=O) groups excluding carboxylic acids is 2. The molecule has 0 bridgehead atoms. The largest absolute Gasteiger partial charge is 0.451 e. The Labute approximate surface area is 174 Å². The molecule has 2 aliphatic heterocycles. The maximum atomic E-state index is 13.3. The van der Waals surface area contributed by atoms with E-state index >= 15 is 0 Å². The second kappa shape index (κ2) is 7.47. The summed E-state index contributed by atoms with van der Waals surface area (Å²) in [5, 5.41) is 0.323. The highest BCUT2D eigenvalue weighted by Crippen LogP contribution is 2.42. The van der Waals surface area contributed by atoms with E-state index in [0.29, 0.717) is 10.1 Å². The number of thioether (sulfide) groups is 1. The molecule has 2 aromatic carbocycles. The van der Waals surface area contributed by atoms with Crippen LogP contribution in [-0.2, 0) is 14.8 Å². The average Bonchev–Trinajstić information content (AvgIpc) is 3.04. The Balaban J connectivity index is 1.50. The molecule has 30 heavy (non-hydrogen) atoms. The van der Waals surface area contributed by atoms with Gasteiger partial charge in [0, 0.05) is 17.0 Å². The van der Waals surface area contributed by atoms with Gasteiger partial charge in [-0.25, -0.2) is 22.0 Å². The van der Waals surface area contributed by atoms with Crippen molar-refractivity contribution in [3.05, 3.63) is 59.2 Å². The van der Waals surface area contributed by atoms with Crippen LogP contribution in [0.25, 0.3) is 0 Å². The van der Waals surface area contributed by atoms with E-state index in [9.17, 15) is 26.8 Å². The maximum Gasteiger partial charge on any atom is 0.338 e. The summed E-state index contributed by atoms with van der Waals surface area (Å²) in [4.78, 5) is 27.2. The third kappa shape index (κ3) is 3.82. The molecule has 0 fully saturated rings. The monoisotopic (exact) mass is 452 g/mol. The van der Waals surface area contributed by atoms with Gasteiger partial charge in [0.2, 0.25) is 5.78 Å². The Morgan fingerprint density at radius 1 is 1.13 bits per heavy atom. The summed E-state index contributed by atoms with van der Waals surface area (Å²) in [5.74, 6) is -3.79. The number of benzene rings is 2. The van der Waals surface area contributed by atoms with Crippen molar-refractivity contribution in [3.63, 3.8) is 0 Å². The number of amidine groups is 1. The summed E-state index contributed by atoms with van der Waals surface area (Å²) in [6, 6.07) is 7.38. The van der Waals surface area contributed by atoms with Gasteiger partial charge >= 0.3 is 5.97 Å². The van der Waals surface area contributed by atoms with E-state index in [1.165, 1.54) is 19.1 Å². The Kier molecular flexibility index (Phi) is 5.10. The van der Waals surface area contributed by atoms with E-state index in [-0.39, 0.29) is 23.4 Å². The molecule has 0 N–H and O–H groups in total. The maximum absolute atomic E-state index is 13.3. The predicted molar refractivity (Wildman–Crippen MR) is 106 cm³/mol. The van der Waals surface area contributed by atoms with Crippen molar-refractivity contribution in [2.45, 2.75) is 17.9 Å². The Hall–Kier alpha value is -2.79. The number of anilines is 1. The SMILES string of the molecule is CC(OC(=O)c1ccc2c(c1)SC1=NS(=O)(=O)CCN12)C(=O)c1ccc(F)c(F)c1. The lowest BCUT2D eigenvalue weighted by atomic mass is 10.1. The molecule has 2 aromatic rings. The molecule has 4 rings (SSSR count). The highest BCUT2D eigenvalue weighted by atomic mass is 32.2. The third-order valence-electron chi connectivity index (χ3n) is 4.57. The van der Waals surface area contributed by atoms with Crippen LogP contribution < -0.4 is 4.90 Å². The molecule has 11 heteroatoms. The first-order valence-corrected chi connectivity index (χ1v) is 11.2. The quantitative estimate of drug-likeness (QED) is 0.520. The van der Waals surface area contributed by atoms with Gasteiger partial charge in [0.05, 0.1) is 17.0 Å². The topological polar surface area (TPSA) is 93.1 Å². The number of hydrogen-bond acceptors (Lipinski definition) is 7. The normalized spacial score (nSPS) is 17.6.